The lowest BCUT2D eigenvalue weighted by Crippen LogP contribution is -2.36. The second-order valence-corrected chi connectivity index (χ2v) is 3.19. The Morgan fingerprint density at radius 1 is 1.45 bits per heavy atom. The van der Waals surface area contributed by atoms with Crippen LogP contribution >= 0.6 is 0 Å². The molecule has 0 saturated carbocycles. The molecule has 0 aromatic carbocycles. The zero-order valence-corrected chi connectivity index (χ0v) is 7.75. The molecule has 0 aliphatic rings. The third kappa shape index (κ3) is 4.99. The van der Waals surface area contributed by atoms with E-state index >= 15 is 0 Å². The molecule has 0 bridgehead atoms. The highest BCUT2D eigenvalue weighted by atomic mass is 16.3. The van der Waals surface area contributed by atoms with Crippen LogP contribution in [-0.4, -0.2) is 35.2 Å². The molecule has 0 spiro atoms. The molecule has 0 aliphatic carbocycles. The van der Waals surface area contributed by atoms with Crippen LogP contribution in [-0.2, 0) is 0 Å². The van der Waals surface area contributed by atoms with Gasteiger partial charge < -0.3 is 5.11 Å². The smallest absolute Gasteiger partial charge is 0.0639 e. The average molecular weight is 157 g/mol. The zero-order chi connectivity index (χ0) is 8.85. The van der Waals surface area contributed by atoms with Crippen LogP contribution < -0.4 is 0 Å². The third-order valence-electron chi connectivity index (χ3n) is 1.59. The Morgan fingerprint density at radius 3 is 2.27 bits per heavy atom. The lowest BCUT2D eigenvalue weighted by Gasteiger charge is -2.25. The molecule has 0 amide bonds. The summed E-state index contributed by atoms with van der Waals surface area (Å²) < 4.78 is 0. The molecule has 0 saturated heterocycles. The summed E-state index contributed by atoms with van der Waals surface area (Å²) in [5.74, 6) is 0. The summed E-state index contributed by atoms with van der Waals surface area (Å²) in [5, 5.41) is 9.12. The molecule has 2 nitrogen and oxygen atoms in total. The molecular formula is C9H19NO. The first kappa shape index (κ1) is 10.7. The number of aliphatic hydroxyl groups is 1. The van der Waals surface area contributed by atoms with Gasteiger partial charge in [0.2, 0.25) is 0 Å². The van der Waals surface area contributed by atoms with Crippen molar-refractivity contribution in [2.45, 2.75) is 32.9 Å². The Morgan fingerprint density at radius 2 is 2.00 bits per heavy atom. The van der Waals surface area contributed by atoms with Crippen LogP contribution in [0.3, 0.4) is 0 Å². The molecule has 0 rings (SSSR count). The van der Waals surface area contributed by atoms with E-state index in [0.29, 0.717) is 6.04 Å². The van der Waals surface area contributed by atoms with E-state index < -0.39 is 0 Å². The molecule has 1 unspecified atom stereocenters. The SMILES string of the molecule is C=CCN(CC(C)O)C(C)C. The van der Waals surface area contributed by atoms with Gasteiger partial charge in [0.05, 0.1) is 6.10 Å². The van der Waals surface area contributed by atoms with Gasteiger partial charge in [0.1, 0.15) is 0 Å². The van der Waals surface area contributed by atoms with Gasteiger partial charge in [-0.3, -0.25) is 4.90 Å². The van der Waals surface area contributed by atoms with Crippen molar-refractivity contribution < 1.29 is 5.11 Å². The molecular weight excluding hydrogens is 138 g/mol. The van der Waals surface area contributed by atoms with Crippen molar-refractivity contribution in [2.75, 3.05) is 13.1 Å². The third-order valence-corrected chi connectivity index (χ3v) is 1.59. The number of rotatable bonds is 5. The Kier molecular flexibility index (Phi) is 5.16. The molecule has 2 heteroatoms. The average Bonchev–Trinajstić information content (AvgIpc) is 1.86. The van der Waals surface area contributed by atoms with Gasteiger partial charge in [0, 0.05) is 19.1 Å². The second kappa shape index (κ2) is 5.33. The number of aliphatic hydroxyl groups excluding tert-OH is 1. The summed E-state index contributed by atoms with van der Waals surface area (Å²) in [6, 6.07) is 0.475. The summed E-state index contributed by atoms with van der Waals surface area (Å²) in [6.07, 6.45) is 1.61. The maximum absolute atomic E-state index is 9.12. The molecule has 0 aliphatic heterocycles. The quantitative estimate of drug-likeness (QED) is 0.607. The van der Waals surface area contributed by atoms with Gasteiger partial charge in [-0.2, -0.15) is 0 Å². The Balaban J connectivity index is 3.78. The molecule has 11 heavy (non-hydrogen) atoms. The van der Waals surface area contributed by atoms with Crippen LogP contribution in [0, 0.1) is 0 Å². The van der Waals surface area contributed by atoms with E-state index in [0.717, 1.165) is 13.1 Å². The topological polar surface area (TPSA) is 23.5 Å². The molecule has 0 fully saturated rings. The van der Waals surface area contributed by atoms with Crippen molar-refractivity contribution >= 4 is 0 Å². The van der Waals surface area contributed by atoms with E-state index in [-0.39, 0.29) is 6.10 Å². The first-order valence-corrected chi connectivity index (χ1v) is 4.11. The van der Waals surface area contributed by atoms with Gasteiger partial charge in [0.25, 0.3) is 0 Å². The minimum absolute atomic E-state index is 0.252. The predicted molar refractivity (Wildman–Crippen MR) is 48.6 cm³/mol. The van der Waals surface area contributed by atoms with Crippen molar-refractivity contribution in [1.29, 1.82) is 0 Å². The second-order valence-electron chi connectivity index (χ2n) is 3.19. The first-order valence-electron chi connectivity index (χ1n) is 4.11. The Hall–Kier alpha value is -0.340. The van der Waals surface area contributed by atoms with E-state index in [4.69, 9.17) is 5.11 Å². The summed E-state index contributed by atoms with van der Waals surface area (Å²) in [7, 11) is 0. The fourth-order valence-electron chi connectivity index (χ4n) is 1.00. The van der Waals surface area contributed by atoms with E-state index in [9.17, 15) is 0 Å². The Labute approximate surface area is 69.5 Å². The standard InChI is InChI=1S/C9H19NO/c1-5-6-10(8(2)3)7-9(4)11/h5,8-9,11H,1,6-7H2,2-4H3. The number of hydrogen-bond acceptors (Lipinski definition) is 2. The first-order chi connectivity index (χ1) is 5.07. The van der Waals surface area contributed by atoms with Crippen molar-refractivity contribution in [3.05, 3.63) is 12.7 Å². The van der Waals surface area contributed by atoms with Gasteiger partial charge in [-0.15, -0.1) is 6.58 Å². The fourth-order valence-corrected chi connectivity index (χ4v) is 1.00. The van der Waals surface area contributed by atoms with Crippen LogP contribution in [0.15, 0.2) is 12.7 Å². The van der Waals surface area contributed by atoms with E-state index in [2.05, 4.69) is 25.3 Å². The Bertz CT molecular complexity index is 110. The molecule has 0 heterocycles. The molecule has 0 aromatic rings. The van der Waals surface area contributed by atoms with Crippen LogP contribution in [0.1, 0.15) is 20.8 Å². The van der Waals surface area contributed by atoms with E-state index in [1.54, 1.807) is 6.92 Å². The largest absolute Gasteiger partial charge is 0.392 e. The van der Waals surface area contributed by atoms with Gasteiger partial charge in [-0.25, -0.2) is 0 Å². The number of hydrogen-bond donors (Lipinski definition) is 1. The monoisotopic (exact) mass is 157 g/mol. The maximum atomic E-state index is 9.12. The van der Waals surface area contributed by atoms with Crippen LogP contribution in [0.25, 0.3) is 0 Å². The molecule has 0 aromatic heterocycles. The van der Waals surface area contributed by atoms with Crippen LogP contribution in [0.5, 0.6) is 0 Å². The molecule has 1 atom stereocenters. The van der Waals surface area contributed by atoms with E-state index in [1.807, 2.05) is 6.08 Å². The summed E-state index contributed by atoms with van der Waals surface area (Å²) in [5.41, 5.74) is 0. The summed E-state index contributed by atoms with van der Waals surface area (Å²) in [4.78, 5) is 2.18. The molecule has 66 valence electrons. The van der Waals surface area contributed by atoms with Gasteiger partial charge in [0.15, 0.2) is 0 Å². The van der Waals surface area contributed by atoms with Crippen molar-refractivity contribution in [3.8, 4) is 0 Å². The van der Waals surface area contributed by atoms with Crippen molar-refractivity contribution in [1.82, 2.24) is 4.90 Å². The lowest BCUT2D eigenvalue weighted by molar-refractivity contribution is 0.116. The van der Waals surface area contributed by atoms with Gasteiger partial charge in [-0.1, -0.05) is 6.08 Å². The highest BCUT2D eigenvalue weighted by Gasteiger charge is 2.09. The summed E-state index contributed by atoms with van der Waals surface area (Å²) in [6.45, 7) is 11.3. The predicted octanol–water partition coefficient (Wildman–Crippen LogP) is 1.26. The lowest BCUT2D eigenvalue weighted by atomic mass is 10.2. The minimum atomic E-state index is -0.252. The van der Waals surface area contributed by atoms with Crippen molar-refractivity contribution in [2.24, 2.45) is 0 Å². The highest BCUT2D eigenvalue weighted by Crippen LogP contribution is 1.99. The highest BCUT2D eigenvalue weighted by molar-refractivity contribution is 4.76. The van der Waals surface area contributed by atoms with Gasteiger partial charge >= 0.3 is 0 Å². The summed E-state index contributed by atoms with van der Waals surface area (Å²) >= 11 is 0. The molecule has 0 radical (unpaired) electrons. The van der Waals surface area contributed by atoms with Crippen LogP contribution in [0.2, 0.25) is 0 Å². The minimum Gasteiger partial charge on any atom is -0.392 e. The zero-order valence-electron chi connectivity index (χ0n) is 7.75. The maximum Gasteiger partial charge on any atom is 0.0639 e. The van der Waals surface area contributed by atoms with Crippen LogP contribution in [0.4, 0.5) is 0 Å². The fraction of sp³-hybridized carbons (Fsp3) is 0.778. The normalized spacial score (nSPS) is 14.0. The van der Waals surface area contributed by atoms with Gasteiger partial charge in [-0.05, 0) is 20.8 Å². The van der Waals surface area contributed by atoms with E-state index in [1.165, 1.54) is 0 Å². The number of nitrogens with zero attached hydrogens (tertiary/aromatic N) is 1. The van der Waals surface area contributed by atoms with Crippen molar-refractivity contribution in [3.63, 3.8) is 0 Å². The molecule has 1 N–H and O–H groups in total.